The molecule has 2 aliphatic carbocycles. The summed E-state index contributed by atoms with van der Waals surface area (Å²) in [4.78, 5) is 12.3. The molecule has 2 saturated carbocycles. The molecule has 0 radical (unpaired) electrons. The topological polar surface area (TPSA) is 74.5 Å². The van der Waals surface area contributed by atoms with Crippen LogP contribution in [0.25, 0.3) is 0 Å². The number of ether oxygens (including phenoxy) is 1. The van der Waals surface area contributed by atoms with Gasteiger partial charge in [-0.25, -0.2) is 5.43 Å². The Morgan fingerprint density at radius 3 is 3.09 bits per heavy atom. The second-order valence-electron chi connectivity index (χ2n) is 6.55. The van der Waals surface area contributed by atoms with Crippen molar-refractivity contribution in [3.63, 3.8) is 0 Å². The molecule has 3 rings (SSSR count). The number of benzene rings is 1. The Kier molecular flexibility index (Phi) is 4.33. The van der Waals surface area contributed by atoms with Crippen molar-refractivity contribution in [3.8, 4) is 11.8 Å². The van der Waals surface area contributed by atoms with Crippen LogP contribution in [0.15, 0.2) is 29.4 Å². The summed E-state index contributed by atoms with van der Waals surface area (Å²) in [6.07, 6.45) is 6.33. The van der Waals surface area contributed by atoms with Gasteiger partial charge in [0.25, 0.3) is 0 Å². The van der Waals surface area contributed by atoms with Crippen LogP contribution in [-0.2, 0) is 4.79 Å². The Labute approximate surface area is 136 Å². The van der Waals surface area contributed by atoms with Crippen molar-refractivity contribution in [1.82, 2.24) is 5.43 Å². The molecule has 0 unspecified atom stereocenters. The van der Waals surface area contributed by atoms with Gasteiger partial charge in [0.15, 0.2) is 6.61 Å². The second kappa shape index (κ2) is 6.41. The van der Waals surface area contributed by atoms with Crippen molar-refractivity contribution in [2.75, 3.05) is 6.61 Å². The average Bonchev–Trinajstić information content (AvgIpc) is 3.19. The van der Waals surface area contributed by atoms with Gasteiger partial charge in [0.05, 0.1) is 6.21 Å². The van der Waals surface area contributed by atoms with E-state index in [9.17, 15) is 4.79 Å². The van der Waals surface area contributed by atoms with Gasteiger partial charge in [0, 0.05) is 11.5 Å². The van der Waals surface area contributed by atoms with E-state index < -0.39 is 0 Å². The molecule has 3 atom stereocenters. The highest BCUT2D eigenvalue weighted by molar-refractivity contribution is 5.87. The van der Waals surface area contributed by atoms with Crippen LogP contribution in [0.4, 0.5) is 0 Å². The normalized spacial score (nSPS) is 28.7. The van der Waals surface area contributed by atoms with Gasteiger partial charge in [-0.3, -0.25) is 4.79 Å². The summed E-state index contributed by atoms with van der Waals surface area (Å²) in [7, 11) is 0. The van der Waals surface area contributed by atoms with Crippen LogP contribution in [0.1, 0.15) is 38.2 Å². The highest BCUT2D eigenvalue weighted by atomic mass is 16.5. The summed E-state index contributed by atoms with van der Waals surface area (Å²) in [5.41, 5.74) is 3.59. The highest BCUT2D eigenvalue weighted by Crippen LogP contribution is 2.66. The number of carbonyl (C=O) groups excluding carboxylic acids is 1. The van der Waals surface area contributed by atoms with Crippen LogP contribution < -0.4 is 10.2 Å². The minimum atomic E-state index is -0.0146. The van der Waals surface area contributed by atoms with Gasteiger partial charge in [-0.1, -0.05) is 31.9 Å². The molecule has 1 amide bonds. The molecule has 0 spiro atoms. The Bertz CT molecular complexity index is 664. The fraction of sp³-hybridized carbons (Fsp3) is 0.500. The monoisotopic (exact) mass is 311 g/mol. The van der Waals surface area contributed by atoms with Crippen LogP contribution in [0.2, 0.25) is 0 Å². The number of para-hydroxylation sites is 1. The van der Waals surface area contributed by atoms with Crippen molar-refractivity contribution >= 4 is 12.1 Å². The van der Waals surface area contributed by atoms with Crippen LogP contribution in [0, 0.1) is 28.6 Å². The summed E-state index contributed by atoms with van der Waals surface area (Å²) in [6, 6.07) is 9.24. The summed E-state index contributed by atoms with van der Waals surface area (Å²) in [5, 5.41) is 12.7. The first-order valence-electron chi connectivity index (χ1n) is 8.08. The van der Waals surface area contributed by atoms with Crippen LogP contribution in [0.5, 0.6) is 5.75 Å². The second-order valence-corrected chi connectivity index (χ2v) is 6.55. The number of amides is 1. The van der Waals surface area contributed by atoms with Crippen molar-refractivity contribution < 1.29 is 9.53 Å². The van der Waals surface area contributed by atoms with Crippen LogP contribution >= 0.6 is 0 Å². The molecule has 1 aromatic rings. The molecule has 2 fully saturated rings. The largest absolute Gasteiger partial charge is 0.478 e. The molecular formula is C18H21N3O2. The third kappa shape index (κ3) is 3.07. The van der Waals surface area contributed by atoms with E-state index in [2.05, 4.69) is 17.5 Å². The van der Waals surface area contributed by atoms with E-state index in [0.717, 1.165) is 18.4 Å². The molecule has 23 heavy (non-hydrogen) atoms. The molecular weight excluding hydrogens is 290 g/mol. The SMILES string of the molecule is C[C@@]12CCCC[C@@H]1[C@@H]2C(=O)N/N=C\c1ccccc1OCC#N. The van der Waals surface area contributed by atoms with Crippen LogP contribution in [0.3, 0.4) is 0 Å². The summed E-state index contributed by atoms with van der Waals surface area (Å²) in [5.74, 6) is 1.23. The number of nitrogens with one attached hydrogen (secondary N) is 1. The number of hydrogen-bond acceptors (Lipinski definition) is 4. The van der Waals surface area contributed by atoms with E-state index in [0.29, 0.717) is 11.7 Å². The number of nitriles is 1. The van der Waals surface area contributed by atoms with Crippen molar-refractivity contribution in [2.45, 2.75) is 32.6 Å². The molecule has 0 aromatic heterocycles. The fourth-order valence-corrected chi connectivity index (χ4v) is 3.91. The molecule has 2 aliphatic rings. The Balaban J connectivity index is 1.59. The zero-order valence-corrected chi connectivity index (χ0v) is 13.3. The van der Waals surface area contributed by atoms with Gasteiger partial charge in [-0.05, 0) is 36.3 Å². The third-order valence-electron chi connectivity index (χ3n) is 5.20. The molecule has 0 aliphatic heterocycles. The molecule has 0 saturated heterocycles. The molecule has 120 valence electrons. The quantitative estimate of drug-likeness (QED) is 0.671. The number of hydrazone groups is 1. The number of nitrogens with zero attached hydrogens (tertiary/aromatic N) is 2. The molecule has 1 aromatic carbocycles. The first-order chi connectivity index (χ1) is 11.2. The van der Waals surface area contributed by atoms with Crippen molar-refractivity contribution in [1.29, 1.82) is 5.26 Å². The summed E-state index contributed by atoms with van der Waals surface area (Å²) in [6.45, 7) is 2.20. The first kappa shape index (κ1) is 15.5. The standard InChI is InChI=1S/C18H21N3O2/c1-18-9-5-4-7-14(18)16(18)17(22)21-20-12-13-6-2-3-8-15(13)23-11-10-19/h2-3,6,8,12,14,16H,4-5,7,9,11H2,1H3,(H,21,22)/b20-12-/t14-,16-,18-/m1/s1. The van der Waals surface area contributed by atoms with Crippen molar-refractivity contribution in [3.05, 3.63) is 29.8 Å². The molecule has 5 heteroatoms. The zero-order valence-electron chi connectivity index (χ0n) is 13.3. The summed E-state index contributed by atoms with van der Waals surface area (Å²) < 4.78 is 5.33. The van der Waals surface area contributed by atoms with Crippen LogP contribution in [-0.4, -0.2) is 18.7 Å². The van der Waals surface area contributed by atoms with Gasteiger partial charge in [-0.15, -0.1) is 0 Å². The smallest absolute Gasteiger partial charge is 0.244 e. The lowest BCUT2D eigenvalue weighted by molar-refractivity contribution is -0.123. The van der Waals surface area contributed by atoms with E-state index in [4.69, 9.17) is 10.00 Å². The van der Waals surface area contributed by atoms with Crippen molar-refractivity contribution in [2.24, 2.45) is 22.4 Å². The van der Waals surface area contributed by atoms with Gasteiger partial charge in [0.1, 0.15) is 11.8 Å². The maximum absolute atomic E-state index is 12.3. The molecule has 0 bridgehead atoms. The average molecular weight is 311 g/mol. The summed E-state index contributed by atoms with van der Waals surface area (Å²) >= 11 is 0. The van der Waals surface area contributed by atoms with E-state index in [1.807, 2.05) is 24.3 Å². The third-order valence-corrected chi connectivity index (χ3v) is 5.20. The van der Waals surface area contributed by atoms with Gasteiger partial charge in [-0.2, -0.15) is 10.4 Å². The maximum atomic E-state index is 12.3. The van der Waals surface area contributed by atoms with E-state index in [1.54, 1.807) is 12.3 Å². The fourth-order valence-electron chi connectivity index (χ4n) is 3.91. The maximum Gasteiger partial charge on any atom is 0.244 e. The minimum absolute atomic E-state index is 0.0146. The molecule has 0 heterocycles. The lowest BCUT2D eigenvalue weighted by atomic mass is 9.90. The lowest BCUT2D eigenvalue weighted by Gasteiger charge is -2.15. The van der Waals surface area contributed by atoms with E-state index in [-0.39, 0.29) is 23.8 Å². The number of rotatable bonds is 5. The van der Waals surface area contributed by atoms with Gasteiger partial charge in [0.2, 0.25) is 5.91 Å². The number of hydrogen-bond donors (Lipinski definition) is 1. The minimum Gasteiger partial charge on any atom is -0.478 e. The number of fused-ring (bicyclic) bond motifs is 1. The molecule has 5 nitrogen and oxygen atoms in total. The highest BCUT2D eigenvalue weighted by Gasteiger charge is 2.64. The lowest BCUT2D eigenvalue weighted by Crippen LogP contribution is -2.22. The zero-order chi connectivity index (χ0) is 16.3. The van der Waals surface area contributed by atoms with Gasteiger partial charge >= 0.3 is 0 Å². The van der Waals surface area contributed by atoms with E-state index >= 15 is 0 Å². The Hall–Kier alpha value is -2.35. The Morgan fingerprint density at radius 2 is 2.35 bits per heavy atom. The van der Waals surface area contributed by atoms with Gasteiger partial charge < -0.3 is 4.74 Å². The predicted molar refractivity (Wildman–Crippen MR) is 86.8 cm³/mol. The van der Waals surface area contributed by atoms with E-state index in [1.165, 1.54) is 12.8 Å². The molecule has 1 N–H and O–H groups in total. The first-order valence-corrected chi connectivity index (χ1v) is 8.08. The number of carbonyl (C=O) groups is 1. The Morgan fingerprint density at radius 1 is 1.52 bits per heavy atom. The predicted octanol–water partition coefficient (Wildman–Crippen LogP) is 2.87.